The number of carbonyl (C=O) groups excluding carboxylic acids is 1. The summed E-state index contributed by atoms with van der Waals surface area (Å²) in [6, 6.07) is 7.59. The quantitative estimate of drug-likeness (QED) is 0.491. The summed E-state index contributed by atoms with van der Waals surface area (Å²) in [5.41, 5.74) is 3.38. The Balaban J connectivity index is 1.50. The Morgan fingerprint density at radius 1 is 1.28 bits per heavy atom. The van der Waals surface area contributed by atoms with Gasteiger partial charge in [-0.2, -0.15) is 5.10 Å². The van der Waals surface area contributed by atoms with Gasteiger partial charge in [-0.05, 0) is 24.3 Å². The van der Waals surface area contributed by atoms with E-state index in [-0.39, 0.29) is 17.6 Å². The Kier molecular flexibility index (Phi) is 5.30. The normalized spacial score (nSPS) is 11.3. The van der Waals surface area contributed by atoms with Gasteiger partial charge >= 0.3 is 0 Å². The van der Waals surface area contributed by atoms with Crippen molar-refractivity contribution in [1.29, 1.82) is 0 Å². The highest BCUT2D eigenvalue weighted by Gasteiger charge is 2.19. The second kappa shape index (κ2) is 8.04. The molecule has 4 aromatic rings. The van der Waals surface area contributed by atoms with Crippen molar-refractivity contribution < 1.29 is 13.8 Å². The molecule has 4 rings (SSSR count). The molecule has 4 heterocycles. The Labute approximate surface area is 171 Å². The third-order valence-electron chi connectivity index (χ3n) is 4.44. The predicted octanol–water partition coefficient (Wildman–Crippen LogP) is 4.12. The molecule has 0 aliphatic heterocycles. The van der Waals surface area contributed by atoms with Crippen LogP contribution in [0, 0.1) is 6.92 Å². The molecule has 1 N–H and O–H groups in total. The summed E-state index contributed by atoms with van der Waals surface area (Å²) in [5, 5.41) is 17.3. The van der Waals surface area contributed by atoms with Crippen LogP contribution >= 0.6 is 11.3 Å². The molecule has 0 unspecified atom stereocenters. The number of hydrogen-bond donors (Lipinski definition) is 1. The molecule has 8 nitrogen and oxygen atoms in total. The number of hydrogen-bond acceptors (Lipinski definition) is 7. The second-order valence-electron chi connectivity index (χ2n) is 6.97. The first-order valence-electron chi connectivity index (χ1n) is 9.31. The number of carbonyl (C=O) groups is 1. The fourth-order valence-corrected chi connectivity index (χ4v) is 3.72. The average molecular weight is 411 g/mol. The van der Waals surface area contributed by atoms with E-state index in [2.05, 4.69) is 20.7 Å². The molecule has 0 bridgehead atoms. The SMILES string of the molecule is Cc1cc(-c2cnn(CCNC(=O)c3cc(C(C)C)no3)c2-c2cccs2)on1. The van der Waals surface area contributed by atoms with E-state index in [1.807, 2.05) is 49.0 Å². The fourth-order valence-electron chi connectivity index (χ4n) is 2.93. The van der Waals surface area contributed by atoms with Crippen molar-refractivity contribution in [3.05, 3.63) is 53.0 Å². The van der Waals surface area contributed by atoms with Crippen LogP contribution in [0.2, 0.25) is 0 Å². The van der Waals surface area contributed by atoms with Gasteiger partial charge in [0.25, 0.3) is 5.91 Å². The maximum Gasteiger partial charge on any atom is 0.289 e. The van der Waals surface area contributed by atoms with Crippen LogP contribution in [0.1, 0.15) is 41.7 Å². The number of aryl methyl sites for hydroxylation is 1. The van der Waals surface area contributed by atoms with Crippen molar-refractivity contribution in [2.75, 3.05) is 6.54 Å². The zero-order chi connectivity index (χ0) is 20.4. The molecule has 0 aromatic carbocycles. The number of rotatable bonds is 7. The molecule has 9 heteroatoms. The minimum absolute atomic E-state index is 0.205. The van der Waals surface area contributed by atoms with Gasteiger partial charge in [0.2, 0.25) is 5.76 Å². The van der Waals surface area contributed by atoms with Crippen LogP contribution in [0.3, 0.4) is 0 Å². The monoisotopic (exact) mass is 411 g/mol. The average Bonchev–Trinajstić information content (AvgIpc) is 3.47. The summed E-state index contributed by atoms with van der Waals surface area (Å²) in [5.74, 6) is 0.797. The van der Waals surface area contributed by atoms with Gasteiger partial charge in [0.1, 0.15) is 0 Å². The van der Waals surface area contributed by atoms with E-state index in [0.717, 1.165) is 27.5 Å². The van der Waals surface area contributed by atoms with Gasteiger partial charge in [0, 0.05) is 18.7 Å². The van der Waals surface area contributed by atoms with Crippen molar-refractivity contribution in [3.8, 4) is 21.9 Å². The minimum atomic E-state index is -0.291. The highest BCUT2D eigenvalue weighted by molar-refractivity contribution is 7.13. The van der Waals surface area contributed by atoms with Gasteiger partial charge in [0.05, 0.1) is 40.3 Å². The van der Waals surface area contributed by atoms with Crippen molar-refractivity contribution in [3.63, 3.8) is 0 Å². The maximum atomic E-state index is 12.3. The van der Waals surface area contributed by atoms with E-state index >= 15 is 0 Å². The second-order valence-corrected chi connectivity index (χ2v) is 7.91. The summed E-state index contributed by atoms with van der Waals surface area (Å²) in [4.78, 5) is 13.4. The number of aromatic nitrogens is 4. The van der Waals surface area contributed by atoms with Crippen molar-refractivity contribution in [2.45, 2.75) is 33.2 Å². The molecule has 0 spiro atoms. The molecule has 0 fully saturated rings. The van der Waals surface area contributed by atoms with Crippen LogP contribution in [0.15, 0.2) is 44.9 Å². The third-order valence-corrected chi connectivity index (χ3v) is 5.32. The molecule has 1 amide bonds. The molecular weight excluding hydrogens is 390 g/mol. The number of amides is 1. The zero-order valence-corrected chi connectivity index (χ0v) is 17.2. The van der Waals surface area contributed by atoms with Crippen LogP contribution < -0.4 is 5.32 Å². The molecule has 0 aliphatic carbocycles. The Bertz CT molecular complexity index is 1110. The largest absolute Gasteiger partial charge is 0.356 e. The highest BCUT2D eigenvalue weighted by atomic mass is 32.1. The molecule has 0 saturated carbocycles. The lowest BCUT2D eigenvalue weighted by atomic mass is 10.1. The molecule has 150 valence electrons. The Hall–Kier alpha value is -3.20. The molecule has 0 atom stereocenters. The van der Waals surface area contributed by atoms with Crippen molar-refractivity contribution >= 4 is 17.2 Å². The lowest BCUT2D eigenvalue weighted by molar-refractivity contribution is 0.0915. The number of nitrogens with zero attached hydrogens (tertiary/aromatic N) is 4. The fraction of sp³-hybridized carbons (Fsp3) is 0.300. The van der Waals surface area contributed by atoms with Crippen LogP contribution in [-0.2, 0) is 6.54 Å². The van der Waals surface area contributed by atoms with Crippen LogP contribution in [0.4, 0.5) is 0 Å². The van der Waals surface area contributed by atoms with Gasteiger partial charge in [-0.3, -0.25) is 9.48 Å². The number of nitrogens with one attached hydrogen (secondary N) is 1. The zero-order valence-electron chi connectivity index (χ0n) is 16.4. The van der Waals surface area contributed by atoms with E-state index in [9.17, 15) is 4.79 Å². The van der Waals surface area contributed by atoms with Crippen molar-refractivity contribution in [2.24, 2.45) is 0 Å². The maximum absolute atomic E-state index is 12.3. The minimum Gasteiger partial charge on any atom is -0.356 e. The predicted molar refractivity (Wildman–Crippen MR) is 109 cm³/mol. The van der Waals surface area contributed by atoms with E-state index in [4.69, 9.17) is 9.05 Å². The first-order valence-corrected chi connectivity index (χ1v) is 10.2. The summed E-state index contributed by atoms with van der Waals surface area (Å²) in [7, 11) is 0. The lowest BCUT2D eigenvalue weighted by Gasteiger charge is -2.08. The molecule has 0 aliphatic rings. The summed E-state index contributed by atoms with van der Waals surface area (Å²) >= 11 is 1.62. The van der Waals surface area contributed by atoms with Crippen LogP contribution in [0.5, 0.6) is 0 Å². The molecule has 29 heavy (non-hydrogen) atoms. The highest BCUT2D eigenvalue weighted by Crippen LogP contribution is 2.34. The van der Waals surface area contributed by atoms with Crippen LogP contribution in [-0.4, -0.2) is 32.5 Å². The number of thiophene rings is 1. The Morgan fingerprint density at radius 2 is 2.14 bits per heavy atom. The van der Waals surface area contributed by atoms with Gasteiger partial charge < -0.3 is 14.4 Å². The molecule has 0 saturated heterocycles. The van der Waals surface area contributed by atoms with E-state index in [1.165, 1.54) is 0 Å². The lowest BCUT2D eigenvalue weighted by Crippen LogP contribution is -2.27. The topological polar surface area (TPSA) is 99.0 Å². The van der Waals surface area contributed by atoms with E-state index < -0.39 is 0 Å². The third kappa shape index (κ3) is 4.00. The van der Waals surface area contributed by atoms with Crippen molar-refractivity contribution in [1.82, 2.24) is 25.4 Å². The standard InChI is InChI=1S/C20H21N5O3S/c1-12(2)15-10-17(28-24-15)20(26)21-6-7-25-19(18-5-4-8-29-18)14(11-22-25)16-9-13(3)23-27-16/h4-5,8-12H,6-7H2,1-3H3,(H,21,26). The summed E-state index contributed by atoms with van der Waals surface area (Å²) in [6.07, 6.45) is 1.77. The molecule has 4 aromatic heterocycles. The first kappa shape index (κ1) is 19.1. The van der Waals surface area contributed by atoms with E-state index in [0.29, 0.717) is 18.8 Å². The van der Waals surface area contributed by atoms with Gasteiger partial charge in [0.15, 0.2) is 5.76 Å². The van der Waals surface area contributed by atoms with Gasteiger partial charge in [-0.25, -0.2) is 0 Å². The summed E-state index contributed by atoms with van der Waals surface area (Å²) < 4.78 is 12.4. The summed E-state index contributed by atoms with van der Waals surface area (Å²) in [6.45, 7) is 6.77. The smallest absolute Gasteiger partial charge is 0.289 e. The molecule has 0 radical (unpaired) electrons. The van der Waals surface area contributed by atoms with Gasteiger partial charge in [-0.15, -0.1) is 11.3 Å². The van der Waals surface area contributed by atoms with E-state index in [1.54, 1.807) is 23.6 Å². The Morgan fingerprint density at radius 3 is 2.79 bits per heavy atom. The van der Waals surface area contributed by atoms with Crippen LogP contribution in [0.25, 0.3) is 21.9 Å². The van der Waals surface area contributed by atoms with Gasteiger partial charge in [-0.1, -0.05) is 30.2 Å². The molecular formula is C20H21N5O3S. The first-order chi connectivity index (χ1) is 14.0.